The van der Waals surface area contributed by atoms with Gasteiger partial charge in [0.2, 0.25) is 5.91 Å². The average Bonchev–Trinajstić information content (AvgIpc) is 3.40. The summed E-state index contributed by atoms with van der Waals surface area (Å²) in [5.41, 5.74) is 0.537. The number of rotatable bonds is 5. The van der Waals surface area contributed by atoms with Crippen molar-refractivity contribution in [3.05, 3.63) is 34.6 Å². The Balaban J connectivity index is 1.87. The molecule has 1 aliphatic carbocycles. The first-order valence-electron chi connectivity index (χ1n) is 8.28. The number of hydrogen-bond acceptors (Lipinski definition) is 5. The number of nitrogens with zero attached hydrogens (tertiary/aromatic N) is 2. The topological polar surface area (TPSA) is 93.1 Å². The predicted molar refractivity (Wildman–Crippen MR) is 96.8 cm³/mol. The summed E-state index contributed by atoms with van der Waals surface area (Å²) >= 11 is 1.20. The summed E-state index contributed by atoms with van der Waals surface area (Å²) in [4.78, 5) is 41.0. The molecule has 1 heterocycles. The molecule has 0 unspecified atom stereocenters. The van der Waals surface area contributed by atoms with Gasteiger partial charge in [-0.3, -0.25) is 19.5 Å². The number of hydrogen-bond donors (Lipinski definition) is 2. The molecule has 1 atom stereocenters. The number of fused-ring (bicyclic) bond motifs is 1. The van der Waals surface area contributed by atoms with Crippen LogP contribution in [0.5, 0.6) is 0 Å². The first-order valence-corrected chi connectivity index (χ1v) is 9.16. The standard InChI is InChI=1S/C17H20N4O3S/c1-3-18-16(24)20-14(22)10(2)25-17-19-13-7-5-4-6-12(13)15(23)21(17)11-8-9-11/h4-7,10-11H,3,8-9H2,1-2H3,(H2,18,20,22,24)/t10-/m0/s1. The first-order chi connectivity index (χ1) is 12.0. The molecule has 7 nitrogen and oxygen atoms in total. The molecule has 25 heavy (non-hydrogen) atoms. The highest BCUT2D eigenvalue weighted by atomic mass is 32.2. The Bertz CT molecular complexity index is 876. The Labute approximate surface area is 149 Å². The number of para-hydroxylation sites is 1. The van der Waals surface area contributed by atoms with Crippen LogP contribution in [0.3, 0.4) is 0 Å². The largest absolute Gasteiger partial charge is 0.338 e. The monoisotopic (exact) mass is 360 g/mol. The van der Waals surface area contributed by atoms with E-state index in [0.29, 0.717) is 22.6 Å². The van der Waals surface area contributed by atoms with Crippen molar-refractivity contribution in [1.29, 1.82) is 0 Å². The number of urea groups is 1. The lowest BCUT2D eigenvalue weighted by molar-refractivity contribution is -0.119. The lowest BCUT2D eigenvalue weighted by Crippen LogP contribution is -2.42. The molecule has 1 aromatic heterocycles. The number of thioether (sulfide) groups is 1. The van der Waals surface area contributed by atoms with E-state index < -0.39 is 17.2 Å². The molecule has 1 saturated carbocycles. The van der Waals surface area contributed by atoms with E-state index in [1.54, 1.807) is 30.5 Å². The highest BCUT2D eigenvalue weighted by Crippen LogP contribution is 2.37. The first kappa shape index (κ1) is 17.5. The van der Waals surface area contributed by atoms with Crippen LogP contribution in [-0.2, 0) is 4.79 Å². The van der Waals surface area contributed by atoms with Gasteiger partial charge in [0.25, 0.3) is 5.56 Å². The van der Waals surface area contributed by atoms with Crippen molar-refractivity contribution in [2.45, 2.75) is 43.1 Å². The van der Waals surface area contributed by atoms with Crippen LogP contribution >= 0.6 is 11.8 Å². The summed E-state index contributed by atoms with van der Waals surface area (Å²) in [5.74, 6) is -0.416. The maximum Gasteiger partial charge on any atom is 0.321 e. The second-order valence-corrected chi connectivity index (χ2v) is 7.23. The normalized spacial score (nSPS) is 15.0. The maximum absolute atomic E-state index is 12.8. The molecule has 0 saturated heterocycles. The molecule has 1 fully saturated rings. The summed E-state index contributed by atoms with van der Waals surface area (Å²) in [6.07, 6.45) is 1.87. The Morgan fingerprint density at radius 2 is 2.08 bits per heavy atom. The Kier molecular flexibility index (Phi) is 5.08. The van der Waals surface area contributed by atoms with E-state index in [-0.39, 0.29) is 11.6 Å². The number of carbonyl (C=O) groups excluding carboxylic acids is 2. The third-order valence-corrected chi connectivity index (χ3v) is 4.98. The molecule has 3 rings (SSSR count). The van der Waals surface area contributed by atoms with Crippen molar-refractivity contribution in [1.82, 2.24) is 20.2 Å². The van der Waals surface area contributed by atoms with Gasteiger partial charge in [0.05, 0.1) is 16.2 Å². The van der Waals surface area contributed by atoms with Crippen LogP contribution in [0.1, 0.15) is 32.7 Å². The van der Waals surface area contributed by atoms with E-state index in [0.717, 1.165) is 12.8 Å². The fraction of sp³-hybridized carbons (Fsp3) is 0.412. The van der Waals surface area contributed by atoms with Crippen molar-refractivity contribution >= 4 is 34.6 Å². The molecule has 0 spiro atoms. The van der Waals surface area contributed by atoms with Gasteiger partial charge in [0.1, 0.15) is 0 Å². The Morgan fingerprint density at radius 3 is 2.76 bits per heavy atom. The Hall–Kier alpha value is -2.35. The molecule has 8 heteroatoms. The zero-order chi connectivity index (χ0) is 18.0. The van der Waals surface area contributed by atoms with Crippen molar-refractivity contribution in [3.8, 4) is 0 Å². The van der Waals surface area contributed by atoms with Gasteiger partial charge < -0.3 is 5.32 Å². The highest BCUT2D eigenvalue weighted by Gasteiger charge is 2.30. The molecule has 0 bridgehead atoms. The van der Waals surface area contributed by atoms with Gasteiger partial charge in [-0.2, -0.15) is 0 Å². The molecule has 2 aromatic rings. The summed E-state index contributed by atoms with van der Waals surface area (Å²) in [5, 5.41) is 5.35. The summed E-state index contributed by atoms with van der Waals surface area (Å²) in [6, 6.07) is 6.82. The van der Waals surface area contributed by atoms with Gasteiger partial charge in [0.15, 0.2) is 5.16 Å². The predicted octanol–water partition coefficient (Wildman–Crippen LogP) is 2.06. The van der Waals surface area contributed by atoms with Crippen LogP contribution in [0.25, 0.3) is 10.9 Å². The SMILES string of the molecule is CCNC(=O)NC(=O)[C@H](C)Sc1nc2ccccc2c(=O)n1C1CC1. The maximum atomic E-state index is 12.8. The molecule has 2 N–H and O–H groups in total. The molecule has 3 amide bonds. The lowest BCUT2D eigenvalue weighted by atomic mass is 10.2. The van der Waals surface area contributed by atoms with Gasteiger partial charge in [-0.05, 0) is 38.8 Å². The second-order valence-electron chi connectivity index (χ2n) is 5.93. The van der Waals surface area contributed by atoms with Crippen molar-refractivity contribution in [2.24, 2.45) is 0 Å². The van der Waals surface area contributed by atoms with Crippen LogP contribution in [0.15, 0.2) is 34.2 Å². The molecular formula is C17H20N4O3S. The summed E-state index contributed by atoms with van der Waals surface area (Å²) in [7, 11) is 0. The van der Waals surface area contributed by atoms with Crippen LogP contribution in [0.4, 0.5) is 4.79 Å². The van der Waals surface area contributed by atoms with Crippen LogP contribution in [0.2, 0.25) is 0 Å². The molecular weight excluding hydrogens is 340 g/mol. The van der Waals surface area contributed by atoms with E-state index in [4.69, 9.17) is 0 Å². The van der Waals surface area contributed by atoms with Gasteiger partial charge in [-0.15, -0.1) is 0 Å². The lowest BCUT2D eigenvalue weighted by Gasteiger charge is -2.15. The van der Waals surface area contributed by atoms with E-state index in [2.05, 4.69) is 15.6 Å². The summed E-state index contributed by atoms with van der Waals surface area (Å²) in [6.45, 7) is 3.90. The zero-order valence-electron chi connectivity index (χ0n) is 14.1. The highest BCUT2D eigenvalue weighted by molar-refractivity contribution is 8.00. The smallest absolute Gasteiger partial charge is 0.321 e. The molecule has 1 aromatic carbocycles. The number of amides is 3. The number of carbonyl (C=O) groups is 2. The fourth-order valence-corrected chi connectivity index (χ4v) is 3.47. The molecule has 132 valence electrons. The average molecular weight is 360 g/mol. The van der Waals surface area contributed by atoms with E-state index >= 15 is 0 Å². The minimum absolute atomic E-state index is 0.0769. The third-order valence-electron chi connectivity index (χ3n) is 3.91. The number of benzene rings is 1. The van der Waals surface area contributed by atoms with Crippen LogP contribution in [0, 0.1) is 0 Å². The minimum atomic E-state index is -0.555. The summed E-state index contributed by atoms with van der Waals surface area (Å²) < 4.78 is 1.68. The van der Waals surface area contributed by atoms with Crippen molar-refractivity contribution in [3.63, 3.8) is 0 Å². The fourth-order valence-electron chi connectivity index (χ4n) is 2.49. The van der Waals surface area contributed by atoms with Gasteiger partial charge in [-0.25, -0.2) is 9.78 Å². The number of nitrogens with one attached hydrogen (secondary N) is 2. The van der Waals surface area contributed by atoms with Gasteiger partial charge in [0, 0.05) is 12.6 Å². The number of aromatic nitrogens is 2. The minimum Gasteiger partial charge on any atom is -0.338 e. The third kappa shape index (κ3) is 3.84. The van der Waals surface area contributed by atoms with E-state index in [1.165, 1.54) is 11.8 Å². The van der Waals surface area contributed by atoms with Crippen LogP contribution in [-0.4, -0.2) is 33.3 Å². The molecule has 0 aliphatic heterocycles. The second kappa shape index (κ2) is 7.26. The van der Waals surface area contributed by atoms with Crippen molar-refractivity contribution < 1.29 is 9.59 Å². The van der Waals surface area contributed by atoms with E-state index in [9.17, 15) is 14.4 Å². The van der Waals surface area contributed by atoms with Crippen LogP contribution < -0.4 is 16.2 Å². The Morgan fingerprint density at radius 1 is 1.36 bits per heavy atom. The van der Waals surface area contributed by atoms with Gasteiger partial charge in [-0.1, -0.05) is 23.9 Å². The van der Waals surface area contributed by atoms with Crippen molar-refractivity contribution in [2.75, 3.05) is 6.54 Å². The molecule has 1 aliphatic rings. The number of imide groups is 1. The van der Waals surface area contributed by atoms with Gasteiger partial charge >= 0.3 is 6.03 Å². The quantitative estimate of drug-likeness (QED) is 0.629. The molecule has 0 radical (unpaired) electrons. The van der Waals surface area contributed by atoms with E-state index in [1.807, 2.05) is 12.1 Å². The zero-order valence-corrected chi connectivity index (χ0v) is 14.9.